The number of ether oxygens (including phenoxy) is 1. The molecule has 1 N–H and O–H groups in total. The molecule has 3 fully saturated rings. The highest BCUT2D eigenvalue weighted by molar-refractivity contribution is 5.33. The third-order valence-electron chi connectivity index (χ3n) is 7.17. The van der Waals surface area contributed by atoms with Gasteiger partial charge in [-0.25, -0.2) is 0 Å². The standard InChI is InChI=1S/C25H33N3O2/c1-30-24-10-6-5-9-21(24)14-27-18-25(19-27)17-26(12-11-20-7-3-2-4-8-20)15-22-13-23(29)16-28(22)25/h2-10,22-23,29H,11-19H2,1H3/t22-,23+/m0/s1. The van der Waals surface area contributed by atoms with Gasteiger partial charge in [-0.05, 0) is 24.5 Å². The van der Waals surface area contributed by atoms with E-state index in [9.17, 15) is 5.11 Å². The largest absolute Gasteiger partial charge is 0.496 e. The van der Waals surface area contributed by atoms with E-state index >= 15 is 0 Å². The molecule has 2 aromatic carbocycles. The molecule has 2 atom stereocenters. The number of rotatable bonds is 6. The van der Waals surface area contributed by atoms with Crippen LogP contribution in [0.2, 0.25) is 0 Å². The van der Waals surface area contributed by atoms with Gasteiger partial charge in [0, 0.05) is 57.4 Å². The number of aliphatic hydroxyl groups excluding tert-OH is 1. The highest BCUT2D eigenvalue weighted by Crippen LogP contribution is 2.40. The molecular weight excluding hydrogens is 374 g/mol. The van der Waals surface area contributed by atoms with Crippen LogP contribution >= 0.6 is 0 Å². The monoisotopic (exact) mass is 407 g/mol. The Kier molecular flexibility index (Phi) is 5.54. The van der Waals surface area contributed by atoms with Crippen LogP contribution in [0.25, 0.3) is 0 Å². The van der Waals surface area contributed by atoms with Gasteiger partial charge in [-0.3, -0.25) is 14.7 Å². The van der Waals surface area contributed by atoms with Crippen molar-refractivity contribution in [2.45, 2.75) is 37.1 Å². The smallest absolute Gasteiger partial charge is 0.123 e. The Morgan fingerprint density at radius 3 is 2.50 bits per heavy atom. The maximum absolute atomic E-state index is 10.4. The van der Waals surface area contributed by atoms with Crippen molar-refractivity contribution >= 4 is 0 Å². The lowest BCUT2D eigenvalue weighted by atomic mass is 9.83. The van der Waals surface area contributed by atoms with Crippen LogP contribution in [0.4, 0.5) is 0 Å². The zero-order valence-corrected chi connectivity index (χ0v) is 17.9. The Labute approximate surface area is 179 Å². The van der Waals surface area contributed by atoms with E-state index in [1.807, 2.05) is 12.1 Å². The highest BCUT2D eigenvalue weighted by Gasteiger charge is 2.55. The number of likely N-dealkylation sites (tertiary alicyclic amines) is 1. The summed E-state index contributed by atoms with van der Waals surface area (Å²) in [4.78, 5) is 7.81. The van der Waals surface area contributed by atoms with Crippen molar-refractivity contribution in [3.8, 4) is 5.75 Å². The van der Waals surface area contributed by atoms with Gasteiger partial charge in [-0.15, -0.1) is 0 Å². The van der Waals surface area contributed by atoms with E-state index in [1.165, 1.54) is 11.1 Å². The summed E-state index contributed by atoms with van der Waals surface area (Å²) in [5, 5.41) is 10.4. The number of fused-ring (bicyclic) bond motifs is 2. The molecule has 5 nitrogen and oxygen atoms in total. The fourth-order valence-corrected chi connectivity index (χ4v) is 5.87. The van der Waals surface area contributed by atoms with Crippen molar-refractivity contribution in [1.82, 2.24) is 14.7 Å². The summed E-state index contributed by atoms with van der Waals surface area (Å²) in [5.74, 6) is 0.973. The predicted molar refractivity (Wildman–Crippen MR) is 119 cm³/mol. The number of para-hydroxylation sites is 1. The second-order valence-electron chi connectivity index (χ2n) is 9.35. The molecule has 3 aliphatic rings. The predicted octanol–water partition coefficient (Wildman–Crippen LogP) is 2.24. The maximum Gasteiger partial charge on any atom is 0.123 e. The van der Waals surface area contributed by atoms with Gasteiger partial charge in [0.05, 0.1) is 18.8 Å². The first-order valence-corrected chi connectivity index (χ1v) is 11.2. The van der Waals surface area contributed by atoms with Crippen LogP contribution in [0, 0.1) is 0 Å². The Bertz CT molecular complexity index is 852. The van der Waals surface area contributed by atoms with E-state index < -0.39 is 0 Å². The minimum Gasteiger partial charge on any atom is -0.496 e. The van der Waals surface area contributed by atoms with Crippen molar-refractivity contribution in [2.75, 3.05) is 46.4 Å². The molecule has 5 rings (SSSR count). The Balaban J connectivity index is 1.26. The van der Waals surface area contributed by atoms with Crippen LogP contribution in [0.15, 0.2) is 54.6 Å². The van der Waals surface area contributed by atoms with E-state index in [0.29, 0.717) is 6.04 Å². The van der Waals surface area contributed by atoms with Crippen molar-refractivity contribution < 1.29 is 9.84 Å². The Morgan fingerprint density at radius 1 is 0.967 bits per heavy atom. The molecule has 1 spiro atoms. The van der Waals surface area contributed by atoms with Crippen molar-refractivity contribution in [1.29, 1.82) is 0 Å². The Morgan fingerprint density at radius 2 is 1.70 bits per heavy atom. The maximum atomic E-state index is 10.4. The summed E-state index contributed by atoms with van der Waals surface area (Å²) in [7, 11) is 1.75. The Hall–Kier alpha value is -1.92. The molecule has 160 valence electrons. The lowest BCUT2D eigenvalue weighted by Crippen LogP contribution is -2.77. The van der Waals surface area contributed by atoms with Gasteiger partial charge in [0.25, 0.3) is 0 Å². The van der Waals surface area contributed by atoms with Crippen LogP contribution in [0.3, 0.4) is 0 Å². The molecule has 3 saturated heterocycles. The zero-order valence-electron chi connectivity index (χ0n) is 17.9. The van der Waals surface area contributed by atoms with Crippen LogP contribution in [0.5, 0.6) is 5.75 Å². The molecule has 2 aromatic rings. The molecule has 0 amide bonds. The number of hydrogen-bond donors (Lipinski definition) is 1. The van der Waals surface area contributed by atoms with E-state index in [4.69, 9.17) is 4.74 Å². The fourth-order valence-electron chi connectivity index (χ4n) is 5.87. The molecule has 0 aromatic heterocycles. The quantitative estimate of drug-likeness (QED) is 0.795. The van der Waals surface area contributed by atoms with Crippen LogP contribution in [-0.2, 0) is 13.0 Å². The number of aliphatic hydroxyl groups is 1. The minimum atomic E-state index is -0.177. The summed E-state index contributed by atoms with van der Waals surface area (Å²) in [6.07, 6.45) is 1.83. The molecular formula is C25H33N3O2. The van der Waals surface area contributed by atoms with Gasteiger partial charge < -0.3 is 9.84 Å². The highest BCUT2D eigenvalue weighted by atomic mass is 16.5. The topological polar surface area (TPSA) is 39.2 Å². The molecule has 3 aliphatic heterocycles. The van der Waals surface area contributed by atoms with Crippen molar-refractivity contribution in [3.05, 3.63) is 65.7 Å². The lowest BCUT2D eigenvalue weighted by molar-refractivity contribution is -0.116. The van der Waals surface area contributed by atoms with Gasteiger partial charge in [0.2, 0.25) is 0 Å². The van der Waals surface area contributed by atoms with Crippen LogP contribution in [-0.4, -0.2) is 83.9 Å². The van der Waals surface area contributed by atoms with E-state index in [2.05, 4.69) is 57.2 Å². The normalized spacial score (nSPS) is 26.5. The van der Waals surface area contributed by atoms with E-state index in [0.717, 1.165) is 64.4 Å². The number of methoxy groups -OCH3 is 1. The summed E-state index contributed by atoms with van der Waals surface area (Å²) in [6, 6.07) is 19.6. The summed E-state index contributed by atoms with van der Waals surface area (Å²) in [5.41, 5.74) is 2.84. The van der Waals surface area contributed by atoms with E-state index in [1.54, 1.807) is 7.11 Å². The second kappa shape index (κ2) is 8.31. The number of piperazine rings is 1. The van der Waals surface area contributed by atoms with Gasteiger partial charge in [0.15, 0.2) is 0 Å². The van der Waals surface area contributed by atoms with Crippen LogP contribution in [0.1, 0.15) is 17.5 Å². The molecule has 3 heterocycles. The molecule has 0 unspecified atom stereocenters. The number of benzene rings is 2. The minimum absolute atomic E-state index is 0.177. The van der Waals surface area contributed by atoms with Gasteiger partial charge in [-0.2, -0.15) is 0 Å². The van der Waals surface area contributed by atoms with Crippen LogP contribution < -0.4 is 4.74 Å². The first-order chi connectivity index (χ1) is 14.6. The lowest BCUT2D eigenvalue weighted by Gasteiger charge is -2.61. The van der Waals surface area contributed by atoms with Crippen molar-refractivity contribution in [2.24, 2.45) is 0 Å². The summed E-state index contributed by atoms with van der Waals surface area (Å²) >= 11 is 0. The molecule has 5 heteroatoms. The second-order valence-corrected chi connectivity index (χ2v) is 9.35. The number of nitrogens with zero attached hydrogens (tertiary/aromatic N) is 3. The third-order valence-corrected chi connectivity index (χ3v) is 7.17. The van der Waals surface area contributed by atoms with Gasteiger partial charge in [-0.1, -0.05) is 48.5 Å². The molecule has 0 aliphatic carbocycles. The summed E-state index contributed by atoms with van der Waals surface area (Å²) in [6.45, 7) is 7.17. The molecule has 0 bridgehead atoms. The zero-order chi connectivity index (χ0) is 20.6. The average Bonchev–Trinajstić information content (AvgIpc) is 3.13. The van der Waals surface area contributed by atoms with Gasteiger partial charge >= 0.3 is 0 Å². The summed E-state index contributed by atoms with van der Waals surface area (Å²) < 4.78 is 5.55. The third kappa shape index (κ3) is 3.87. The molecule has 0 radical (unpaired) electrons. The number of β-amino-alcohol motifs (C(OH)–C–C–N with tert-alkyl or cyclic N) is 1. The molecule has 30 heavy (non-hydrogen) atoms. The first kappa shape index (κ1) is 20.0. The van der Waals surface area contributed by atoms with E-state index in [-0.39, 0.29) is 11.6 Å². The number of hydrogen-bond acceptors (Lipinski definition) is 5. The van der Waals surface area contributed by atoms with Crippen molar-refractivity contribution in [3.63, 3.8) is 0 Å². The average molecular weight is 408 g/mol. The van der Waals surface area contributed by atoms with Gasteiger partial charge in [0.1, 0.15) is 5.75 Å². The first-order valence-electron chi connectivity index (χ1n) is 11.2. The molecule has 0 saturated carbocycles. The SMILES string of the molecule is COc1ccccc1CN1CC2(CN(CCc3ccccc3)C[C@@H]3C[C@@H](O)CN32)C1. The fraction of sp³-hybridized carbons (Fsp3) is 0.520.